The molecule has 0 fully saturated rings. The molecule has 0 unspecified atom stereocenters. The summed E-state index contributed by atoms with van der Waals surface area (Å²) in [5, 5.41) is 0. The maximum absolute atomic E-state index is 12.0. The lowest BCUT2D eigenvalue weighted by Crippen LogP contribution is -2.34. The van der Waals surface area contributed by atoms with Crippen molar-refractivity contribution in [3.8, 4) is 5.75 Å². The molecule has 0 saturated heterocycles. The Morgan fingerprint density at radius 2 is 1.64 bits per heavy atom. The summed E-state index contributed by atoms with van der Waals surface area (Å²) in [6.45, 7) is 0.269. The molecule has 0 spiro atoms. The largest absolute Gasteiger partial charge is 0.455 e. The third-order valence-corrected chi connectivity index (χ3v) is 4.72. The molecule has 2 aromatic carbocycles. The average molecular weight is 386 g/mol. The zero-order valence-corrected chi connectivity index (χ0v) is 14.4. The minimum atomic E-state index is -4.53. The Labute approximate surface area is 145 Å². The van der Waals surface area contributed by atoms with Crippen LogP contribution in [0.2, 0.25) is 0 Å². The van der Waals surface area contributed by atoms with Gasteiger partial charge in [0.1, 0.15) is 5.75 Å². The highest BCUT2D eigenvalue weighted by atomic mass is 32.2. The van der Waals surface area contributed by atoms with E-state index in [2.05, 4.69) is 4.28 Å². The number of carbonyl (C=O) groups excluding carboxylic acids is 1. The van der Waals surface area contributed by atoms with Gasteiger partial charge in [-0.05, 0) is 29.8 Å². The molecule has 2 rings (SSSR count). The molecule has 0 atom stereocenters. The second-order valence-electron chi connectivity index (χ2n) is 4.57. The second kappa shape index (κ2) is 8.07. The number of hydrogen-bond acceptors (Lipinski definition) is 8. The van der Waals surface area contributed by atoms with Crippen LogP contribution in [0.15, 0.2) is 59.5 Å². The van der Waals surface area contributed by atoms with Gasteiger partial charge in [0.15, 0.2) is 0 Å². The van der Waals surface area contributed by atoms with E-state index in [0.717, 1.165) is 5.56 Å². The molecule has 25 heavy (non-hydrogen) atoms. The van der Waals surface area contributed by atoms with Crippen LogP contribution in [0.25, 0.3) is 0 Å². The molecule has 0 aliphatic heterocycles. The number of benzene rings is 2. The minimum absolute atomic E-state index is 0.00948. The Hall–Kier alpha value is -2.47. The molecule has 11 heteroatoms. The topological polar surface area (TPSA) is 133 Å². The fourth-order valence-corrected chi connectivity index (χ4v) is 3.16. The van der Waals surface area contributed by atoms with Gasteiger partial charge in [-0.15, -0.1) is 4.28 Å². The van der Waals surface area contributed by atoms with Crippen molar-refractivity contribution in [3.05, 3.63) is 60.2 Å². The molecule has 0 bridgehead atoms. The number of nitrogens with zero attached hydrogens (tertiary/aromatic N) is 1. The summed E-state index contributed by atoms with van der Waals surface area (Å²) in [4.78, 5) is 11.6. The SMILES string of the molecule is NCc1ccc(OC(=O)N(OS(=O)(=O)c2ccccc2)[SH](=O)=O)cc1. The number of hydrogen-bond donors (Lipinski definition) is 2. The highest BCUT2D eigenvalue weighted by Gasteiger charge is 2.28. The van der Waals surface area contributed by atoms with E-state index in [-0.39, 0.29) is 21.7 Å². The first-order valence-corrected chi connectivity index (χ1v) is 9.32. The Morgan fingerprint density at radius 1 is 1.04 bits per heavy atom. The van der Waals surface area contributed by atoms with Gasteiger partial charge in [0.2, 0.25) is 0 Å². The molecule has 0 aliphatic carbocycles. The van der Waals surface area contributed by atoms with Crippen molar-refractivity contribution < 1.29 is 30.7 Å². The zero-order valence-electron chi connectivity index (χ0n) is 12.6. The van der Waals surface area contributed by atoms with Gasteiger partial charge in [0.05, 0.1) is 4.90 Å². The maximum Gasteiger partial charge on any atom is 0.455 e. The van der Waals surface area contributed by atoms with Gasteiger partial charge >= 0.3 is 16.2 Å². The molecule has 0 saturated carbocycles. The van der Waals surface area contributed by atoms with Crippen molar-refractivity contribution in [1.82, 2.24) is 4.47 Å². The van der Waals surface area contributed by atoms with Gasteiger partial charge in [0, 0.05) is 6.54 Å². The second-order valence-corrected chi connectivity index (χ2v) is 6.94. The average Bonchev–Trinajstić information content (AvgIpc) is 2.61. The van der Waals surface area contributed by atoms with E-state index in [9.17, 15) is 21.6 Å². The lowest BCUT2D eigenvalue weighted by Gasteiger charge is -2.14. The highest BCUT2D eigenvalue weighted by Crippen LogP contribution is 2.17. The molecule has 0 radical (unpaired) electrons. The van der Waals surface area contributed by atoms with Crippen molar-refractivity contribution >= 4 is 27.1 Å². The van der Waals surface area contributed by atoms with Crippen LogP contribution >= 0.6 is 0 Å². The number of thiol groups is 1. The number of amides is 1. The number of hydroxylamine groups is 1. The van der Waals surface area contributed by atoms with Crippen LogP contribution < -0.4 is 10.5 Å². The third kappa shape index (κ3) is 5.00. The van der Waals surface area contributed by atoms with E-state index in [0.29, 0.717) is 0 Å². The fourth-order valence-electron chi connectivity index (χ4n) is 1.68. The molecular formula is C14H14N2O7S2. The summed E-state index contributed by atoms with van der Waals surface area (Å²) < 4.78 is 55.3. The maximum atomic E-state index is 12.0. The van der Waals surface area contributed by atoms with Crippen LogP contribution in [0.1, 0.15) is 5.56 Å². The van der Waals surface area contributed by atoms with E-state index < -0.39 is 27.1 Å². The zero-order chi connectivity index (χ0) is 18.4. The van der Waals surface area contributed by atoms with Crippen LogP contribution in [-0.4, -0.2) is 27.4 Å². The predicted molar refractivity (Wildman–Crippen MR) is 87.2 cm³/mol. The monoisotopic (exact) mass is 386 g/mol. The first kappa shape index (κ1) is 18.9. The fraction of sp³-hybridized carbons (Fsp3) is 0.0714. The van der Waals surface area contributed by atoms with Crippen LogP contribution in [-0.2, 0) is 31.8 Å². The van der Waals surface area contributed by atoms with E-state index >= 15 is 0 Å². The van der Waals surface area contributed by atoms with Crippen molar-refractivity contribution in [2.24, 2.45) is 5.73 Å². The summed E-state index contributed by atoms with van der Waals surface area (Å²) in [6, 6.07) is 12.6. The van der Waals surface area contributed by atoms with Crippen LogP contribution in [0, 0.1) is 0 Å². The van der Waals surface area contributed by atoms with Crippen molar-refractivity contribution in [3.63, 3.8) is 0 Å². The normalized spacial score (nSPS) is 11.3. The van der Waals surface area contributed by atoms with Crippen molar-refractivity contribution in [1.29, 1.82) is 0 Å². The van der Waals surface area contributed by atoms with Crippen molar-refractivity contribution in [2.45, 2.75) is 11.4 Å². The van der Waals surface area contributed by atoms with Gasteiger partial charge in [-0.2, -0.15) is 8.42 Å². The van der Waals surface area contributed by atoms with E-state index in [4.69, 9.17) is 10.5 Å². The van der Waals surface area contributed by atoms with E-state index in [1.54, 1.807) is 18.2 Å². The molecule has 134 valence electrons. The summed E-state index contributed by atoms with van der Waals surface area (Å²) in [5.74, 6) is -0.00948. The third-order valence-electron chi connectivity index (χ3n) is 2.87. The summed E-state index contributed by atoms with van der Waals surface area (Å²) in [6.07, 6.45) is -1.53. The standard InChI is InChI=1S/C14H14N2O7S2/c15-10-11-6-8-12(9-7-11)22-14(17)16(24(18)19)23-25(20,21)13-4-2-1-3-5-13/h1-9,24H,10,15H2. The van der Waals surface area contributed by atoms with Gasteiger partial charge in [-0.3, -0.25) is 0 Å². The number of nitrogens with two attached hydrogens (primary N) is 1. The number of ether oxygens (including phenoxy) is 1. The van der Waals surface area contributed by atoms with Gasteiger partial charge in [-0.25, -0.2) is 13.2 Å². The van der Waals surface area contributed by atoms with Crippen LogP contribution in [0.4, 0.5) is 4.79 Å². The Kier molecular flexibility index (Phi) is 6.09. The Bertz CT molecular complexity index is 902. The lowest BCUT2D eigenvalue weighted by atomic mass is 10.2. The molecule has 1 amide bonds. The van der Waals surface area contributed by atoms with E-state index in [1.165, 1.54) is 36.4 Å². The Balaban J connectivity index is 2.18. The Morgan fingerprint density at radius 3 is 2.16 bits per heavy atom. The summed E-state index contributed by atoms with van der Waals surface area (Å²) in [5.41, 5.74) is 6.19. The number of rotatable bonds is 6. The molecule has 2 aromatic rings. The first-order chi connectivity index (χ1) is 11.8. The molecule has 0 aliphatic rings. The molecule has 2 N–H and O–H groups in total. The van der Waals surface area contributed by atoms with E-state index in [1.807, 2.05) is 0 Å². The summed E-state index contributed by atoms with van der Waals surface area (Å²) >= 11 is 0. The first-order valence-electron chi connectivity index (χ1n) is 6.78. The lowest BCUT2D eigenvalue weighted by molar-refractivity contribution is 0.0531. The van der Waals surface area contributed by atoms with Gasteiger partial charge < -0.3 is 10.5 Å². The van der Waals surface area contributed by atoms with Crippen LogP contribution in [0.3, 0.4) is 0 Å². The smallest absolute Gasteiger partial charge is 0.408 e. The molecule has 9 nitrogen and oxygen atoms in total. The number of carbonyl (C=O) groups is 1. The predicted octanol–water partition coefficient (Wildman–Crippen LogP) is 0.793. The van der Waals surface area contributed by atoms with Crippen molar-refractivity contribution in [2.75, 3.05) is 0 Å². The highest BCUT2D eigenvalue weighted by molar-refractivity contribution is 7.87. The van der Waals surface area contributed by atoms with Gasteiger partial charge in [0.25, 0.3) is 10.9 Å². The van der Waals surface area contributed by atoms with Gasteiger partial charge in [-0.1, -0.05) is 34.8 Å². The minimum Gasteiger partial charge on any atom is -0.408 e. The quantitative estimate of drug-likeness (QED) is 0.550. The molecule has 0 aromatic heterocycles. The molecular weight excluding hydrogens is 372 g/mol. The van der Waals surface area contributed by atoms with Crippen LogP contribution in [0.5, 0.6) is 5.75 Å². The molecule has 0 heterocycles. The summed E-state index contributed by atoms with van der Waals surface area (Å²) in [7, 11) is -8.25.